The fourth-order valence-corrected chi connectivity index (χ4v) is 3.36. The number of rotatable bonds is 13. The van der Waals surface area contributed by atoms with Gasteiger partial charge in [0.25, 0.3) is 0 Å². The highest BCUT2D eigenvalue weighted by Gasteiger charge is 2.22. The summed E-state index contributed by atoms with van der Waals surface area (Å²) in [5, 5.41) is 3.45. The van der Waals surface area contributed by atoms with Crippen LogP contribution >= 0.6 is 12.0 Å². The van der Waals surface area contributed by atoms with Gasteiger partial charge in [0.05, 0.1) is 24.8 Å². The summed E-state index contributed by atoms with van der Waals surface area (Å²) in [6, 6.07) is 16.4. The molecule has 1 atom stereocenters. The molecule has 2 aromatic carbocycles. The minimum Gasteiger partial charge on any atom is -0.464 e. The maximum absolute atomic E-state index is 12.1. The Hall–Kier alpha value is -2.18. The second-order valence-corrected chi connectivity index (χ2v) is 7.75. The minimum absolute atomic E-state index is 0.0328. The summed E-state index contributed by atoms with van der Waals surface area (Å²) in [6.07, 6.45) is 3.86. The first-order valence-electron chi connectivity index (χ1n) is 10.5. The van der Waals surface area contributed by atoms with Crippen molar-refractivity contribution in [2.24, 2.45) is 0 Å². The second kappa shape index (κ2) is 13.2. The van der Waals surface area contributed by atoms with Crippen molar-refractivity contribution in [3.8, 4) is 5.75 Å². The fourth-order valence-electron chi connectivity index (χ4n) is 3.06. The Labute approximate surface area is 184 Å². The topological polar surface area (TPSA) is 56.8 Å². The first kappa shape index (κ1) is 24.1. The molecule has 0 fully saturated rings. The normalized spacial score (nSPS) is 11.9. The molecule has 0 spiro atoms. The highest BCUT2D eigenvalue weighted by atomic mass is 32.2. The predicted octanol–water partition coefficient (Wildman–Crippen LogP) is 5.29. The molecule has 0 saturated carbocycles. The lowest BCUT2D eigenvalue weighted by Gasteiger charge is -2.19. The molecule has 0 bridgehead atoms. The molecule has 0 aliphatic rings. The summed E-state index contributed by atoms with van der Waals surface area (Å²) in [5.74, 6) is 0.579. The van der Waals surface area contributed by atoms with Crippen LogP contribution in [0.5, 0.6) is 5.75 Å². The van der Waals surface area contributed by atoms with Crippen LogP contribution in [0.4, 0.5) is 5.69 Å². The van der Waals surface area contributed by atoms with Crippen LogP contribution in [0.15, 0.2) is 48.5 Å². The molecule has 30 heavy (non-hydrogen) atoms. The zero-order chi connectivity index (χ0) is 21.8. The summed E-state index contributed by atoms with van der Waals surface area (Å²) in [6.45, 7) is 6.90. The number of carbonyl (C=O) groups excluding carboxylic acids is 1. The number of nitrogens with one attached hydrogen (secondary N) is 1. The third-order valence-corrected chi connectivity index (χ3v) is 4.79. The van der Waals surface area contributed by atoms with E-state index >= 15 is 0 Å². The Morgan fingerprint density at radius 1 is 1.03 bits per heavy atom. The largest absolute Gasteiger partial charge is 0.464 e. The number of carbonyl (C=O) groups is 1. The Bertz CT molecular complexity index is 747. The molecule has 1 N–H and O–H groups in total. The Morgan fingerprint density at radius 2 is 1.70 bits per heavy atom. The lowest BCUT2D eigenvalue weighted by atomic mass is 10.1. The van der Waals surface area contributed by atoms with Crippen LogP contribution in [0.25, 0.3) is 0 Å². The summed E-state index contributed by atoms with van der Waals surface area (Å²) in [5.41, 5.74) is 3.42. The van der Waals surface area contributed by atoms with Gasteiger partial charge in [-0.05, 0) is 69.0 Å². The molecule has 5 nitrogen and oxygen atoms in total. The maximum Gasteiger partial charge on any atom is 0.335 e. The van der Waals surface area contributed by atoms with Gasteiger partial charge in [-0.3, -0.25) is 0 Å². The van der Waals surface area contributed by atoms with E-state index in [1.807, 2.05) is 56.5 Å². The average molecular weight is 432 g/mol. The number of aryl methyl sites for hydroxylation is 1. The van der Waals surface area contributed by atoms with Crippen LogP contribution in [0.1, 0.15) is 38.3 Å². The summed E-state index contributed by atoms with van der Waals surface area (Å²) < 4.78 is 16.3. The van der Waals surface area contributed by atoms with E-state index in [-0.39, 0.29) is 12.1 Å². The lowest BCUT2D eigenvalue weighted by Crippen LogP contribution is -2.31. The smallest absolute Gasteiger partial charge is 0.335 e. The van der Waals surface area contributed by atoms with Crippen LogP contribution in [0.3, 0.4) is 0 Å². The molecule has 164 valence electrons. The fraction of sp³-hybridized carbons (Fsp3) is 0.458. The molecule has 6 heteroatoms. The van der Waals surface area contributed by atoms with Crippen LogP contribution in [0, 0.1) is 0 Å². The number of hydrogen-bond donors (Lipinski definition) is 1. The summed E-state index contributed by atoms with van der Waals surface area (Å²) in [7, 11) is 0. The molecule has 0 aliphatic heterocycles. The van der Waals surface area contributed by atoms with Crippen molar-refractivity contribution in [1.82, 2.24) is 0 Å². The van der Waals surface area contributed by atoms with Crippen LogP contribution in [-0.2, 0) is 27.1 Å². The molecule has 0 amide bonds. The van der Waals surface area contributed by atoms with Crippen molar-refractivity contribution in [3.05, 3.63) is 59.7 Å². The van der Waals surface area contributed by atoms with Crippen molar-refractivity contribution in [2.45, 2.75) is 52.2 Å². The van der Waals surface area contributed by atoms with Crippen molar-refractivity contribution in [2.75, 3.05) is 24.7 Å². The van der Waals surface area contributed by atoms with Gasteiger partial charge >= 0.3 is 5.97 Å². The van der Waals surface area contributed by atoms with E-state index < -0.39 is 6.10 Å². The van der Waals surface area contributed by atoms with Gasteiger partial charge in [-0.2, -0.15) is 0 Å². The molecular formula is C24H33NO4S. The highest BCUT2D eigenvalue weighted by Crippen LogP contribution is 2.17. The van der Waals surface area contributed by atoms with Gasteiger partial charge in [0.15, 0.2) is 6.10 Å². The maximum atomic E-state index is 12.1. The molecular weight excluding hydrogens is 398 g/mol. The van der Waals surface area contributed by atoms with E-state index in [1.54, 1.807) is 6.92 Å². The van der Waals surface area contributed by atoms with Crippen molar-refractivity contribution in [1.29, 1.82) is 0 Å². The standard InChI is InChI=1S/C24H33NO4S/c1-5-27-24(26)23(28-18(2)3)17-20-8-12-21(13-9-20)25-16-6-7-19-10-14-22(15-11-19)29-30-4/h8-15,18,23,25H,5-7,16-17H2,1-4H3. The molecule has 0 heterocycles. The average Bonchev–Trinajstić information content (AvgIpc) is 2.73. The van der Waals surface area contributed by atoms with Gasteiger partial charge in [0.1, 0.15) is 5.75 Å². The lowest BCUT2D eigenvalue weighted by molar-refractivity contribution is -0.159. The zero-order valence-electron chi connectivity index (χ0n) is 18.4. The van der Waals surface area contributed by atoms with Gasteiger partial charge in [-0.15, -0.1) is 0 Å². The minimum atomic E-state index is -0.573. The molecule has 0 radical (unpaired) electrons. The van der Waals surface area contributed by atoms with E-state index in [4.69, 9.17) is 13.7 Å². The van der Waals surface area contributed by atoms with Crippen LogP contribution in [-0.4, -0.2) is 37.6 Å². The van der Waals surface area contributed by atoms with Crippen LogP contribution in [0.2, 0.25) is 0 Å². The SMILES string of the molecule is CCOC(=O)C(Cc1ccc(NCCCc2ccc(OSC)cc2)cc1)OC(C)C. The van der Waals surface area contributed by atoms with E-state index in [9.17, 15) is 4.79 Å². The number of anilines is 1. The highest BCUT2D eigenvalue weighted by molar-refractivity contribution is 7.94. The van der Waals surface area contributed by atoms with Gasteiger partial charge in [-0.25, -0.2) is 4.79 Å². The van der Waals surface area contributed by atoms with Gasteiger partial charge in [-0.1, -0.05) is 24.3 Å². The number of ether oxygens (including phenoxy) is 2. The summed E-state index contributed by atoms with van der Waals surface area (Å²) in [4.78, 5) is 12.1. The van der Waals surface area contributed by atoms with Gasteiger partial charge in [0, 0.05) is 24.9 Å². The van der Waals surface area contributed by atoms with Crippen molar-refractivity contribution >= 4 is 23.7 Å². The monoisotopic (exact) mass is 431 g/mol. The second-order valence-electron chi connectivity index (χ2n) is 7.25. The van der Waals surface area contributed by atoms with E-state index in [0.29, 0.717) is 13.0 Å². The molecule has 0 aliphatic carbocycles. The third-order valence-electron chi connectivity index (χ3n) is 4.44. The van der Waals surface area contributed by atoms with E-state index in [2.05, 4.69) is 17.4 Å². The number of esters is 1. The number of hydrogen-bond acceptors (Lipinski definition) is 6. The molecule has 2 aromatic rings. The van der Waals surface area contributed by atoms with Crippen molar-refractivity contribution < 1.29 is 18.5 Å². The Balaban J connectivity index is 1.78. The first-order valence-corrected chi connectivity index (χ1v) is 11.6. The van der Waals surface area contributed by atoms with Gasteiger partial charge < -0.3 is 19.0 Å². The predicted molar refractivity (Wildman–Crippen MR) is 124 cm³/mol. The van der Waals surface area contributed by atoms with Gasteiger partial charge in [0.2, 0.25) is 0 Å². The molecule has 1 unspecified atom stereocenters. The molecule has 0 saturated heterocycles. The Kier molecular flexibility index (Phi) is 10.6. The number of benzene rings is 2. The summed E-state index contributed by atoms with van der Waals surface area (Å²) >= 11 is 1.35. The molecule has 2 rings (SSSR count). The first-order chi connectivity index (χ1) is 14.5. The van der Waals surface area contributed by atoms with E-state index in [1.165, 1.54) is 17.6 Å². The zero-order valence-corrected chi connectivity index (χ0v) is 19.2. The van der Waals surface area contributed by atoms with Crippen LogP contribution < -0.4 is 9.50 Å². The Morgan fingerprint density at radius 3 is 2.30 bits per heavy atom. The van der Waals surface area contributed by atoms with E-state index in [0.717, 1.165) is 36.4 Å². The van der Waals surface area contributed by atoms with Crippen molar-refractivity contribution in [3.63, 3.8) is 0 Å². The quantitative estimate of drug-likeness (QED) is 0.264. The molecule has 0 aromatic heterocycles. The third kappa shape index (κ3) is 8.67.